The van der Waals surface area contributed by atoms with E-state index in [9.17, 15) is 0 Å². The van der Waals surface area contributed by atoms with Gasteiger partial charge in [-0.2, -0.15) is 0 Å². The molecule has 0 radical (unpaired) electrons. The Hall–Kier alpha value is -0.120. The Balaban J connectivity index is 2.18. The van der Waals surface area contributed by atoms with Crippen LogP contribution in [0, 0.1) is 0 Å². The van der Waals surface area contributed by atoms with E-state index in [1.165, 1.54) is 0 Å². The van der Waals surface area contributed by atoms with Crippen LogP contribution >= 0.6 is 0 Å². The fraction of sp³-hybridized carbons (Fsp3) is 1.00. The number of hydrogen-bond donors (Lipinski definition) is 3. The number of hydrogen-bond acceptors (Lipinski definition) is 3. The fourth-order valence-corrected chi connectivity index (χ4v) is 1.29. The molecule has 0 aromatic heterocycles. The second-order valence-corrected chi connectivity index (χ2v) is 2.78. The second-order valence-electron chi connectivity index (χ2n) is 2.78. The molecule has 0 saturated heterocycles. The zero-order valence-corrected chi connectivity index (χ0v) is 5.64. The fourth-order valence-electron chi connectivity index (χ4n) is 1.29. The van der Waals surface area contributed by atoms with Gasteiger partial charge in [-0.3, -0.25) is 11.3 Å². The lowest BCUT2D eigenvalue weighted by atomic mass is 9.92. The molecular formula is C6H15N3. The molecule has 0 amide bonds. The molecule has 0 aromatic rings. The van der Waals surface area contributed by atoms with Crippen molar-refractivity contribution in [2.75, 3.05) is 0 Å². The zero-order valence-electron chi connectivity index (χ0n) is 5.64. The van der Waals surface area contributed by atoms with Gasteiger partial charge >= 0.3 is 0 Å². The van der Waals surface area contributed by atoms with Crippen molar-refractivity contribution >= 4 is 0 Å². The summed E-state index contributed by atoms with van der Waals surface area (Å²) in [4.78, 5) is 0. The van der Waals surface area contributed by atoms with Gasteiger partial charge in [0.1, 0.15) is 0 Å². The highest BCUT2D eigenvalue weighted by Crippen LogP contribution is 2.15. The van der Waals surface area contributed by atoms with Gasteiger partial charge < -0.3 is 5.73 Å². The minimum Gasteiger partial charge on any atom is -0.328 e. The van der Waals surface area contributed by atoms with Crippen molar-refractivity contribution in [2.24, 2.45) is 11.6 Å². The Labute approximate surface area is 55.8 Å². The summed E-state index contributed by atoms with van der Waals surface area (Å²) in [5.41, 5.74) is 8.45. The summed E-state index contributed by atoms with van der Waals surface area (Å²) in [6, 6.07) is 0.944. The molecule has 0 aromatic carbocycles. The molecule has 5 N–H and O–H groups in total. The third-order valence-electron chi connectivity index (χ3n) is 2.01. The van der Waals surface area contributed by atoms with E-state index >= 15 is 0 Å². The molecule has 0 heterocycles. The van der Waals surface area contributed by atoms with Gasteiger partial charge in [0.15, 0.2) is 0 Å². The molecule has 3 heteroatoms. The van der Waals surface area contributed by atoms with Crippen molar-refractivity contribution in [1.29, 1.82) is 0 Å². The van der Waals surface area contributed by atoms with Gasteiger partial charge in [-0.25, -0.2) is 0 Å². The summed E-state index contributed by atoms with van der Waals surface area (Å²) in [5, 5.41) is 0. The first kappa shape index (κ1) is 6.99. The summed E-state index contributed by atoms with van der Waals surface area (Å²) in [6.45, 7) is 0. The molecule has 0 unspecified atom stereocenters. The van der Waals surface area contributed by atoms with E-state index in [-0.39, 0.29) is 0 Å². The van der Waals surface area contributed by atoms with Gasteiger partial charge in [0, 0.05) is 12.1 Å². The molecule has 3 nitrogen and oxygen atoms in total. The molecule has 9 heavy (non-hydrogen) atoms. The van der Waals surface area contributed by atoms with E-state index in [4.69, 9.17) is 11.6 Å². The van der Waals surface area contributed by atoms with Crippen molar-refractivity contribution in [3.63, 3.8) is 0 Å². The predicted octanol–water partition coefficient (Wildman–Crippen LogP) is -0.280. The van der Waals surface area contributed by atoms with E-state index in [0.717, 1.165) is 25.7 Å². The molecule has 1 fully saturated rings. The van der Waals surface area contributed by atoms with Gasteiger partial charge in [-0.05, 0) is 25.7 Å². The number of nitrogens with one attached hydrogen (secondary N) is 1. The van der Waals surface area contributed by atoms with Crippen LogP contribution in [0.25, 0.3) is 0 Å². The molecule has 1 aliphatic carbocycles. The van der Waals surface area contributed by atoms with Crippen LogP contribution in [0.3, 0.4) is 0 Å². The Morgan fingerprint density at radius 1 is 1.11 bits per heavy atom. The first-order valence-corrected chi connectivity index (χ1v) is 3.54. The molecule has 1 saturated carbocycles. The summed E-state index contributed by atoms with van der Waals surface area (Å²) >= 11 is 0. The van der Waals surface area contributed by atoms with Crippen molar-refractivity contribution in [2.45, 2.75) is 37.8 Å². The molecule has 0 bridgehead atoms. The van der Waals surface area contributed by atoms with E-state index < -0.39 is 0 Å². The van der Waals surface area contributed by atoms with Gasteiger partial charge in [0.25, 0.3) is 0 Å². The van der Waals surface area contributed by atoms with Gasteiger partial charge in [-0.1, -0.05) is 0 Å². The minimum absolute atomic E-state index is 0.426. The third kappa shape index (κ3) is 1.93. The Morgan fingerprint density at radius 2 is 1.67 bits per heavy atom. The third-order valence-corrected chi connectivity index (χ3v) is 2.01. The largest absolute Gasteiger partial charge is 0.328 e. The lowest BCUT2D eigenvalue weighted by molar-refractivity contribution is 0.347. The Kier molecular flexibility index (Phi) is 2.45. The minimum atomic E-state index is 0.426. The van der Waals surface area contributed by atoms with Crippen LogP contribution < -0.4 is 17.0 Å². The SMILES string of the molecule is NNC1CCC(N)CC1. The van der Waals surface area contributed by atoms with Gasteiger partial charge in [0.2, 0.25) is 0 Å². The number of hydrazine groups is 1. The number of rotatable bonds is 1. The topological polar surface area (TPSA) is 64.1 Å². The average Bonchev–Trinajstić information content (AvgIpc) is 1.90. The Morgan fingerprint density at radius 3 is 2.11 bits per heavy atom. The summed E-state index contributed by atoms with van der Waals surface area (Å²) in [5.74, 6) is 5.26. The molecule has 0 spiro atoms. The maximum absolute atomic E-state index is 5.68. The van der Waals surface area contributed by atoms with Crippen LogP contribution in [-0.2, 0) is 0 Å². The maximum Gasteiger partial charge on any atom is 0.0211 e. The quantitative estimate of drug-likeness (QED) is 0.337. The van der Waals surface area contributed by atoms with Crippen LogP contribution in [0.2, 0.25) is 0 Å². The van der Waals surface area contributed by atoms with E-state index in [1.807, 2.05) is 0 Å². The number of nitrogens with two attached hydrogens (primary N) is 2. The molecule has 0 aliphatic heterocycles. The van der Waals surface area contributed by atoms with Crippen molar-refractivity contribution in [3.8, 4) is 0 Å². The van der Waals surface area contributed by atoms with Crippen LogP contribution in [0.4, 0.5) is 0 Å². The molecule has 1 rings (SSSR count). The van der Waals surface area contributed by atoms with E-state index in [2.05, 4.69) is 5.43 Å². The lowest BCUT2D eigenvalue weighted by Crippen LogP contribution is -2.40. The van der Waals surface area contributed by atoms with Crippen molar-refractivity contribution < 1.29 is 0 Å². The monoisotopic (exact) mass is 129 g/mol. The van der Waals surface area contributed by atoms with Crippen molar-refractivity contribution in [1.82, 2.24) is 5.43 Å². The second kappa shape index (κ2) is 3.15. The highest BCUT2D eigenvalue weighted by atomic mass is 15.2. The van der Waals surface area contributed by atoms with Crippen LogP contribution in [0.1, 0.15) is 25.7 Å². The van der Waals surface area contributed by atoms with Gasteiger partial charge in [0.05, 0.1) is 0 Å². The Bertz CT molecular complexity index is 76.4. The predicted molar refractivity (Wildman–Crippen MR) is 37.6 cm³/mol. The summed E-state index contributed by atoms with van der Waals surface area (Å²) in [7, 11) is 0. The summed E-state index contributed by atoms with van der Waals surface area (Å²) in [6.07, 6.45) is 4.51. The first-order chi connectivity index (χ1) is 4.33. The normalized spacial score (nSPS) is 36.7. The van der Waals surface area contributed by atoms with Crippen LogP contribution in [-0.4, -0.2) is 12.1 Å². The van der Waals surface area contributed by atoms with Gasteiger partial charge in [-0.15, -0.1) is 0 Å². The standard InChI is InChI=1S/C6H15N3/c7-5-1-3-6(9-8)4-2-5/h5-6,9H,1-4,7-8H2. The van der Waals surface area contributed by atoms with E-state index in [0.29, 0.717) is 12.1 Å². The lowest BCUT2D eigenvalue weighted by Gasteiger charge is -2.24. The average molecular weight is 129 g/mol. The van der Waals surface area contributed by atoms with Crippen LogP contribution in [0.15, 0.2) is 0 Å². The highest BCUT2D eigenvalue weighted by molar-refractivity contribution is 4.76. The first-order valence-electron chi connectivity index (χ1n) is 3.54. The smallest absolute Gasteiger partial charge is 0.0211 e. The van der Waals surface area contributed by atoms with Crippen LogP contribution in [0.5, 0.6) is 0 Å². The van der Waals surface area contributed by atoms with E-state index in [1.54, 1.807) is 0 Å². The molecular weight excluding hydrogens is 114 g/mol. The zero-order chi connectivity index (χ0) is 6.69. The highest BCUT2D eigenvalue weighted by Gasteiger charge is 2.16. The molecule has 0 atom stereocenters. The maximum atomic E-state index is 5.68. The van der Waals surface area contributed by atoms with Crippen molar-refractivity contribution in [3.05, 3.63) is 0 Å². The molecule has 54 valence electrons. The summed E-state index contributed by atoms with van der Waals surface area (Å²) < 4.78 is 0. The molecule has 1 aliphatic rings.